The Morgan fingerprint density at radius 1 is 1.28 bits per heavy atom. The zero-order valence-electron chi connectivity index (χ0n) is 14.4. The number of rotatable bonds is 5. The number of carbonyl (C=O) groups is 2. The van der Waals surface area contributed by atoms with Crippen LogP contribution in [-0.4, -0.2) is 28.5 Å². The van der Waals surface area contributed by atoms with Crippen molar-refractivity contribution in [1.29, 1.82) is 0 Å². The Hall–Kier alpha value is -2.22. The Morgan fingerprint density at radius 3 is 2.76 bits per heavy atom. The molecule has 1 aliphatic carbocycles. The predicted molar refractivity (Wildman–Crippen MR) is 96.4 cm³/mol. The Morgan fingerprint density at radius 2 is 2.04 bits per heavy atom. The minimum atomic E-state index is -0.361. The molecule has 0 atom stereocenters. The van der Waals surface area contributed by atoms with E-state index in [1.54, 1.807) is 6.92 Å². The number of hydrogen-bond acceptors (Lipinski definition) is 7. The highest BCUT2D eigenvalue weighted by Crippen LogP contribution is 2.33. The lowest BCUT2D eigenvalue weighted by Gasteiger charge is -2.21. The molecule has 0 aromatic carbocycles. The van der Waals surface area contributed by atoms with Crippen LogP contribution in [0, 0.1) is 12.8 Å². The van der Waals surface area contributed by atoms with Crippen molar-refractivity contribution in [2.45, 2.75) is 46.0 Å². The van der Waals surface area contributed by atoms with Gasteiger partial charge in [-0.15, -0.1) is 11.3 Å². The van der Waals surface area contributed by atoms with Gasteiger partial charge in [0.25, 0.3) is 0 Å². The second-order valence-corrected chi connectivity index (χ2v) is 7.13. The van der Waals surface area contributed by atoms with E-state index in [1.165, 1.54) is 24.1 Å². The molecule has 1 amide bonds. The van der Waals surface area contributed by atoms with Crippen LogP contribution in [0.3, 0.4) is 0 Å². The number of amides is 1. The zero-order chi connectivity index (χ0) is 17.8. The molecule has 8 heteroatoms. The Labute approximate surface area is 150 Å². The summed E-state index contributed by atoms with van der Waals surface area (Å²) in [5.41, 5.74) is 6.43. The van der Waals surface area contributed by atoms with Crippen LogP contribution in [0.1, 0.15) is 54.3 Å². The van der Waals surface area contributed by atoms with Gasteiger partial charge in [-0.05, 0) is 32.3 Å². The summed E-state index contributed by atoms with van der Waals surface area (Å²) in [7, 11) is 0. The van der Waals surface area contributed by atoms with Crippen LogP contribution in [0.2, 0.25) is 0 Å². The van der Waals surface area contributed by atoms with Gasteiger partial charge in [0.1, 0.15) is 16.0 Å². The number of nitrogens with zero attached hydrogens (tertiary/aromatic N) is 2. The molecule has 1 saturated carbocycles. The number of carbonyl (C=O) groups excluding carboxylic acids is 2. The van der Waals surface area contributed by atoms with Crippen molar-refractivity contribution in [2.75, 3.05) is 12.0 Å². The fraction of sp³-hybridized carbons (Fsp3) is 0.529. The first-order valence-electron chi connectivity index (χ1n) is 8.59. The normalized spacial score (nSPS) is 15.1. The first-order valence-corrected chi connectivity index (χ1v) is 9.40. The molecule has 2 aromatic heterocycles. The van der Waals surface area contributed by atoms with Crippen molar-refractivity contribution in [3.8, 4) is 0 Å². The third kappa shape index (κ3) is 3.73. The Kier molecular flexibility index (Phi) is 5.47. The van der Waals surface area contributed by atoms with Crippen molar-refractivity contribution in [3.05, 3.63) is 16.8 Å². The zero-order valence-corrected chi connectivity index (χ0v) is 15.2. The number of ether oxygens (including phenoxy) is 1. The van der Waals surface area contributed by atoms with E-state index in [4.69, 9.17) is 4.74 Å². The largest absolute Gasteiger partial charge is 0.462 e. The summed E-state index contributed by atoms with van der Waals surface area (Å²) >= 11 is 1.27. The maximum absolute atomic E-state index is 12.3. The van der Waals surface area contributed by atoms with Crippen LogP contribution in [0.25, 0.3) is 10.2 Å². The quantitative estimate of drug-likeness (QED) is 0.627. The van der Waals surface area contributed by atoms with Crippen LogP contribution in [-0.2, 0) is 9.53 Å². The third-order valence-corrected chi connectivity index (χ3v) is 5.65. The van der Waals surface area contributed by atoms with E-state index in [-0.39, 0.29) is 17.8 Å². The van der Waals surface area contributed by atoms with Gasteiger partial charge in [-0.3, -0.25) is 15.6 Å². The monoisotopic (exact) mass is 362 g/mol. The van der Waals surface area contributed by atoms with E-state index >= 15 is 0 Å². The molecule has 0 radical (unpaired) electrons. The molecule has 0 spiro atoms. The van der Waals surface area contributed by atoms with Crippen LogP contribution in [0.15, 0.2) is 6.33 Å². The summed E-state index contributed by atoms with van der Waals surface area (Å²) in [6, 6.07) is 0. The van der Waals surface area contributed by atoms with Gasteiger partial charge in [-0.2, -0.15) is 0 Å². The molecule has 134 valence electrons. The van der Waals surface area contributed by atoms with Gasteiger partial charge in [-0.25, -0.2) is 14.8 Å². The van der Waals surface area contributed by atoms with E-state index in [1.807, 2.05) is 6.92 Å². The van der Waals surface area contributed by atoms with Crippen molar-refractivity contribution in [1.82, 2.24) is 15.4 Å². The fourth-order valence-electron chi connectivity index (χ4n) is 3.15. The standard InChI is InChI=1S/C17H22N4O3S/c1-3-24-17(23)13-10(2)12-14(18-9-19-16(12)25-13)20-21-15(22)11-7-5-4-6-8-11/h9,11H,3-8H2,1-2H3,(H,21,22)(H,18,19,20). The molecule has 1 aliphatic rings. The van der Waals surface area contributed by atoms with E-state index in [9.17, 15) is 9.59 Å². The van der Waals surface area contributed by atoms with Crippen molar-refractivity contribution in [2.24, 2.45) is 5.92 Å². The number of esters is 1. The van der Waals surface area contributed by atoms with Gasteiger partial charge >= 0.3 is 5.97 Å². The molecule has 0 saturated heterocycles. The molecule has 2 aromatic rings. The minimum absolute atomic E-state index is 0.00930. The highest BCUT2D eigenvalue weighted by molar-refractivity contribution is 7.20. The van der Waals surface area contributed by atoms with Crippen LogP contribution >= 0.6 is 11.3 Å². The Bertz CT molecular complexity index is 784. The van der Waals surface area contributed by atoms with Crippen molar-refractivity contribution < 1.29 is 14.3 Å². The highest BCUT2D eigenvalue weighted by Gasteiger charge is 2.23. The second-order valence-electron chi connectivity index (χ2n) is 6.13. The predicted octanol–water partition coefficient (Wildman–Crippen LogP) is 3.20. The Balaban J connectivity index is 1.79. The summed E-state index contributed by atoms with van der Waals surface area (Å²) in [4.78, 5) is 34.0. The molecule has 0 aliphatic heterocycles. The molecular formula is C17H22N4O3S. The summed E-state index contributed by atoms with van der Waals surface area (Å²) in [6.07, 6.45) is 6.68. The van der Waals surface area contributed by atoms with E-state index in [0.29, 0.717) is 22.1 Å². The van der Waals surface area contributed by atoms with E-state index in [2.05, 4.69) is 20.8 Å². The topological polar surface area (TPSA) is 93.2 Å². The fourth-order valence-corrected chi connectivity index (χ4v) is 4.19. The molecule has 1 fully saturated rings. The van der Waals surface area contributed by atoms with Gasteiger partial charge < -0.3 is 4.74 Å². The maximum Gasteiger partial charge on any atom is 0.348 e. The number of aryl methyl sites for hydroxylation is 1. The molecule has 2 N–H and O–H groups in total. The maximum atomic E-state index is 12.3. The van der Waals surface area contributed by atoms with Crippen molar-refractivity contribution >= 4 is 39.2 Å². The summed E-state index contributed by atoms with van der Waals surface area (Å²) < 4.78 is 5.09. The van der Waals surface area contributed by atoms with E-state index in [0.717, 1.165) is 36.6 Å². The number of hydrazine groups is 1. The molecule has 0 unspecified atom stereocenters. The van der Waals surface area contributed by atoms with Crippen LogP contribution in [0.5, 0.6) is 0 Å². The van der Waals surface area contributed by atoms with Gasteiger partial charge in [0, 0.05) is 5.92 Å². The van der Waals surface area contributed by atoms with Crippen LogP contribution in [0.4, 0.5) is 5.82 Å². The van der Waals surface area contributed by atoms with Crippen LogP contribution < -0.4 is 10.9 Å². The summed E-state index contributed by atoms with van der Waals surface area (Å²) in [5.74, 6) is 0.181. The third-order valence-electron chi connectivity index (χ3n) is 4.47. The first kappa shape index (κ1) is 17.6. The molecule has 3 rings (SSSR count). The van der Waals surface area contributed by atoms with E-state index < -0.39 is 0 Å². The lowest BCUT2D eigenvalue weighted by molar-refractivity contribution is -0.125. The molecular weight excluding hydrogens is 340 g/mol. The number of anilines is 1. The number of aromatic nitrogens is 2. The van der Waals surface area contributed by atoms with Gasteiger partial charge in [0.05, 0.1) is 12.0 Å². The SMILES string of the molecule is CCOC(=O)c1sc2ncnc(NNC(=O)C3CCCCC3)c2c1C. The number of nitrogens with one attached hydrogen (secondary N) is 2. The molecule has 0 bridgehead atoms. The smallest absolute Gasteiger partial charge is 0.348 e. The van der Waals surface area contributed by atoms with Gasteiger partial charge in [-0.1, -0.05) is 19.3 Å². The second kappa shape index (κ2) is 7.77. The average Bonchev–Trinajstić information content (AvgIpc) is 2.98. The summed E-state index contributed by atoms with van der Waals surface area (Å²) in [5, 5.41) is 0.736. The number of thiophene rings is 1. The number of hydrogen-bond donors (Lipinski definition) is 2. The molecule has 7 nitrogen and oxygen atoms in total. The minimum Gasteiger partial charge on any atom is -0.462 e. The lowest BCUT2D eigenvalue weighted by Crippen LogP contribution is -2.36. The first-order chi connectivity index (χ1) is 12.1. The summed E-state index contributed by atoms with van der Waals surface area (Å²) in [6.45, 7) is 3.93. The molecule has 25 heavy (non-hydrogen) atoms. The van der Waals surface area contributed by atoms with Crippen molar-refractivity contribution in [3.63, 3.8) is 0 Å². The van der Waals surface area contributed by atoms with Gasteiger partial charge in [0.2, 0.25) is 5.91 Å². The lowest BCUT2D eigenvalue weighted by atomic mass is 9.89. The highest BCUT2D eigenvalue weighted by atomic mass is 32.1. The van der Waals surface area contributed by atoms with Gasteiger partial charge in [0.15, 0.2) is 5.82 Å². The number of fused-ring (bicyclic) bond motifs is 1. The average molecular weight is 362 g/mol. The molecule has 2 heterocycles.